The second-order valence-corrected chi connectivity index (χ2v) is 11.0. The number of amidine groups is 1. The van der Waals surface area contributed by atoms with Gasteiger partial charge in [-0.15, -0.1) is 11.8 Å². The van der Waals surface area contributed by atoms with Crippen molar-refractivity contribution in [2.45, 2.75) is 30.5 Å². The van der Waals surface area contributed by atoms with E-state index in [0.29, 0.717) is 23.5 Å². The largest absolute Gasteiger partial charge is 0.456 e. The van der Waals surface area contributed by atoms with Crippen molar-refractivity contribution in [3.8, 4) is 0 Å². The Morgan fingerprint density at radius 3 is 2.75 bits per heavy atom. The lowest BCUT2D eigenvalue weighted by molar-refractivity contribution is -0.154. The third kappa shape index (κ3) is 6.44. The SMILES string of the molecule is CN=NN(C)C(=N)SCCC1=C(C(=O)OCc2ccccc2)N2C(=O)C(NC(=O)C3NC(=O)CNC3=O)C2SC1. The molecule has 4 N–H and O–H groups in total. The quantitative estimate of drug-likeness (QED) is 0.0585. The van der Waals surface area contributed by atoms with Gasteiger partial charge in [0.15, 0.2) is 11.2 Å². The molecular weight excluding hydrogens is 560 g/mol. The van der Waals surface area contributed by atoms with Crippen molar-refractivity contribution < 1.29 is 28.7 Å². The molecule has 1 aromatic carbocycles. The molecular formula is C24H28N8O6S2. The first kappa shape index (κ1) is 29.1. The number of fused-ring (bicyclic) bond motifs is 1. The van der Waals surface area contributed by atoms with Gasteiger partial charge in [0.05, 0.1) is 13.6 Å². The molecule has 40 heavy (non-hydrogen) atoms. The van der Waals surface area contributed by atoms with Gasteiger partial charge in [-0.3, -0.25) is 29.5 Å². The number of nitrogens with one attached hydrogen (secondary N) is 4. The van der Waals surface area contributed by atoms with Crippen LogP contribution in [0.15, 0.2) is 51.9 Å². The molecule has 212 valence electrons. The van der Waals surface area contributed by atoms with Crippen molar-refractivity contribution in [3.63, 3.8) is 0 Å². The van der Waals surface area contributed by atoms with Crippen LogP contribution < -0.4 is 16.0 Å². The van der Waals surface area contributed by atoms with E-state index in [1.165, 1.54) is 40.5 Å². The van der Waals surface area contributed by atoms with E-state index in [1.807, 2.05) is 30.3 Å². The van der Waals surface area contributed by atoms with E-state index < -0.39 is 47.1 Å². The van der Waals surface area contributed by atoms with E-state index in [4.69, 9.17) is 10.1 Å². The van der Waals surface area contributed by atoms with Gasteiger partial charge in [-0.25, -0.2) is 9.80 Å². The molecule has 3 aliphatic heterocycles. The van der Waals surface area contributed by atoms with Gasteiger partial charge in [0.1, 0.15) is 23.7 Å². The Morgan fingerprint density at radius 2 is 2.02 bits per heavy atom. The topological polar surface area (TPSA) is 186 Å². The Kier molecular flexibility index (Phi) is 9.42. The summed E-state index contributed by atoms with van der Waals surface area (Å²) < 4.78 is 5.56. The van der Waals surface area contributed by atoms with Crippen LogP contribution in [0.3, 0.4) is 0 Å². The lowest BCUT2D eigenvalue weighted by Gasteiger charge is -2.50. The third-order valence-electron chi connectivity index (χ3n) is 6.16. The average Bonchev–Trinajstić information content (AvgIpc) is 2.95. The van der Waals surface area contributed by atoms with Crippen LogP contribution in [0.1, 0.15) is 12.0 Å². The van der Waals surface area contributed by atoms with E-state index in [-0.39, 0.29) is 24.0 Å². The zero-order valence-corrected chi connectivity index (χ0v) is 23.3. The Bertz CT molecular complexity index is 1270. The number of nitrogens with zero attached hydrogens (tertiary/aromatic N) is 4. The molecule has 0 aromatic heterocycles. The summed E-state index contributed by atoms with van der Waals surface area (Å²) in [4.78, 5) is 64.2. The van der Waals surface area contributed by atoms with Crippen LogP contribution in [0, 0.1) is 5.41 Å². The van der Waals surface area contributed by atoms with Crippen LogP contribution in [-0.4, -0.2) is 94.3 Å². The van der Waals surface area contributed by atoms with Gasteiger partial charge < -0.3 is 20.7 Å². The minimum Gasteiger partial charge on any atom is -0.456 e. The molecule has 2 saturated heterocycles. The highest BCUT2D eigenvalue weighted by Gasteiger charge is 2.55. The van der Waals surface area contributed by atoms with E-state index in [0.717, 1.165) is 5.56 Å². The Balaban J connectivity index is 1.48. The van der Waals surface area contributed by atoms with Crippen LogP contribution in [-0.2, 0) is 35.3 Å². The molecule has 4 rings (SSSR count). The summed E-state index contributed by atoms with van der Waals surface area (Å²) in [7, 11) is 3.10. The van der Waals surface area contributed by atoms with Crippen LogP contribution in [0.2, 0.25) is 0 Å². The number of rotatable bonds is 9. The molecule has 0 bridgehead atoms. The summed E-state index contributed by atoms with van der Waals surface area (Å²) in [6.45, 7) is -0.213. The monoisotopic (exact) mass is 588 g/mol. The van der Waals surface area contributed by atoms with Crippen LogP contribution in [0.25, 0.3) is 0 Å². The normalized spacial score (nSPS) is 22.2. The third-order valence-corrected chi connectivity index (χ3v) is 8.45. The summed E-state index contributed by atoms with van der Waals surface area (Å²) in [6, 6.07) is 6.69. The van der Waals surface area contributed by atoms with E-state index in [9.17, 15) is 24.0 Å². The Labute approximate surface area is 238 Å². The molecule has 0 saturated carbocycles. The number of benzene rings is 1. The number of ether oxygens (including phenoxy) is 1. The van der Waals surface area contributed by atoms with Gasteiger partial charge in [-0.2, -0.15) is 5.11 Å². The zero-order valence-electron chi connectivity index (χ0n) is 21.7. The average molecular weight is 589 g/mol. The lowest BCUT2D eigenvalue weighted by atomic mass is 10.0. The summed E-state index contributed by atoms with van der Waals surface area (Å²) in [5, 5.41) is 23.6. The lowest BCUT2D eigenvalue weighted by Crippen LogP contribution is -2.73. The van der Waals surface area contributed by atoms with Crippen LogP contribution >= 0.6 is 23.5 Å². The number of carbonyl (C=O) groups excluding carboxylic acids is 5. The number of hydrogen-bond donors (Lipinski definition) is 4. The molecule has 14 nitrogen and oxygen atoms in total. The number of piperazine rings is 1. The first-order valence-corrected chi connectivity index (χ1v) is 14.2. The number of β-lactam (4-membered cyclic amide) rings is 1. The molecule has 0 radical (unpaired) electrons. The second-order valence-electron chi connectivity index (χ2n) is 8.84. The summed E-state index contributed by atoms with van der Waals surface area (Å²) in [6.07, 6.45) is 0.398. The number of amides is 4. The Hall–Kier alpha value is -3.92. The van der Waals surface area contributed by atoms with Gasteiger partial charge >= 0.3 is 5.97 Å². The second kappa shape index (κ2) is 13.0. The van der Waals surface area contributed by atoms with Crippen LogP contribution in [0.4, 0.5) is 0 Å². The zero-order chi connectivity index (χ0) is 28.8. The highest BCUT2D eigenvalue weighted by Crippen LogP contribution is 2.42. The summed E-state index contributed by atoms with van der Waals surface area (Å²) >= 11 is 2.58. The van der Waals surface area contributed by atoms with E-state index >= 15 is 0 Å². The predicted molar refractivity (Wildman–Crippen MR) is 147 cm³/mol. The molecule has 16 heteroatoms. The maximum absolute atomic E-state index is 13.3. The fourth-order valence-electron chi connectivity index (χ4n) is 4.16. The summed E-state index contributed by atoms with van der Waals surface area (Å²) in [5.41, 5.74) is 1.58. The van der Waals surface area contributed by atoms with Crippen molar-refractivity contribution in [1.82, 2.24) is 25.9 Å². The molecule has 3 aliphatic rings. The van der Waals surface area contributed by atoms with Gasteiger partial charge in [0, 0.05) is 18.6 Å². The van der Waals surface area contributed by atoms with Crippen molar-refractivity contribution in [2.75, 3.05) is 32.1 Å². The van der Waals surface area contributed by atoms with Gasteiger partial charge in [0.2, 0.25) is 5.91 Å². The van der Waals surface area contributed by atoms with Crippen molar-refractivity contribution in [2.24, 2.45) is 10.3 Å². The van der Waals surface area contributed by atoms with Crippen molar-refractivity contribution in [3.05, 3.63) is 47.2 Å². The Morgan fingerprint density at radius 1 is 1.27 bits per heavy atom. The highest BCUT2D eigenvalue weighted by atomic mass is 32.2. The minimum absolute atomic E-state index is 0.0131. The first-order valence-electron chi connectivity index (χ1n) is 12.2. The number of esters is 1. The molecule has 1 aromatic rings. The standard InChI is InChI=1S/C24H28N8O6S2/c1-26-30-31(2)24(25)39-9-8-14-12-40-22-17(29-20(35)16-19(34)27-10-15(33)28-16)21(36)32(22)18(14)23(37)38-11-13-6-4-3-5-7-13/h3-7,16-17,22,25H,8-12H2,1-2H3,(H,27,34)(H,28,33)(H,29,35). The molecule has 3 atom stereocenters. The van der Waals surface area contributed by atoms with Crippen molar-refractivity contribution >= 4 is 58.3 Å². The van der Waals surface area contributed by atoms with E-state index in [1.54, 1.807) is 7.05 Å². The first-order chi connectivity index (χ1) is 19.2. The highest BCUT2D eigenvalue weighted by molar-refractivity contribution is 8.13. The predicted octanol–water partition coefficient (Wildman–Crippen LogP) is -0.0147. The number of carbonyl (C=O) groups is 5. The maximum Gasteiger partial charge on any atom is 0.355 e. The minimum atomic E-state index is -1.45. The molecule has 4 amide bonds. The summed E-state index contributed by atoms with van der Waals surface area (Å²) in [5.74, 6) is -2.36. The molecule has 2 fully saturated rings. The number of thioether (sulfide) groups is 2. The smallest absolute Gasteiger partial charge is 0.355 e. The fraction of sp³-hybridized carbons (Fsp3) is 0.417. The maximum atomic E-state index is 13.3. The van der Waals surface area contributed by atoms with E-state index in [2.05, 4.69) is 26.3 Å². The van der Waals surface area contributed by atoms with Crippen molar-refractivity contribution in [1.29, 1.82) is 5.41 Å². The van der Waals surface area contributed by atoms with Crippen LogP contribution in [0.5, 0.6) is 0 Å². The van der Waals surface area contributed by atoms with Gasteiger partial charge in [-0.1, -0.05) is 47.3 Å². The molecule has 3 unspecified atom stereocenters. The van der Waals surface area contributed by atoms with Gasteiger partial charge in [-0.05, 0) is 17.6 Å². The molecule has 0 spiro atoms. The fourth-order valence-corrected chi connectivity index (χ4v) is 6.32. The molecule has 0 aliphatic carbocycles. The number of hydrogen-bond acceptors (Lipinski definition) is 11. The molecule has 3 heterocycles. The van der Waals surface area contributed by atoms with Gasteiger partial charge in [0.25, 0.3) is 17.7 Å².